The summed E-state index contributed by atoms with van der Waals surface area (Å²) in [5.74, 6) is 0.434. The van der Waals surface area contributed by atoms with Gasteiger partial charge in [-0.1, -0.05) is 42.5 Å². The predicted octanol–water partition coefficient (Wildman–Crippen LogP) is 2.76. The Morgan fingerprint density at radius 1 is 0.857 bits per heavy atom. The first kappa shape index (κ1) is 20.8. The Morgan fingerprint density at radius 2 is 1.57 bits per heavy atom. The molecule has 174 valence electrons. The molecule has 0 saturated carbocycles. The van der Waals surface area contributed by atoms with Crippen molar-refractivity contribution >= 4 is 22.6 Å². The summed E-state index contributed by atoms with van der Waals surface area (Å²) in [7, 11) is 0. The van der Waals surface area contributed by atoms with E-state index in [9.17, 15) is 14.4 Å². The van der Waals surface area contributed by atoms with Crippen molar-refractivity contribution in [2.24, 2.45) is 5.73 Å². The molecular formula is C26H18N2O7. The highest BCUT2D eigenvalue weighted by atomic mass is 16.7. The van der Waals surface area contributed by atoms with E-state index in [1.807, 2.05) is 0 Å². The van der Waals surface area contributed by atoms with Crippen LogP contribution in [-0.2, 0) is 4.79 Å². The van der Waals surface area contributed by atoms with Gasteiger partial charge in [-0.25, -0.2) is 0 Å². The summed E-state index contributed by atoms with van der Waals surface area (Å²) in [6, 6.07) is 15.6. The minimum Gasteiger partial charge on any atom is -0.454 e. The van der Waals surface area contributed by atoms with Gasteiger partial charge in [0.25, 0.3) is 0 Å². The molecule has 6 rings (SSSR count). The van der Waals surface area contributed by atoms with Crippen molar-refractivity contribution in [3.8, 4) is 23.0 Å². The number of nitrogens with two attached hydrogens (primary N) is 1. The maximum Gasteiger partial charge on any atom is 0.245 e. The fourth-order valence-electron chi connectivity index (χ4n) is 4.47. The normalized spacial score (nSPS) is 14.2. The maximum absolute atomic E-state index is 13.5. The van der Waals surface area contributed by atoms with Gasteiger partial charge in [0.15, 0.2) is 28.8 Å². The summed E-state index contributed by atoms with van der Waals surface area (Å²) in [5, 5.41) is 0.187. The molecule has 0 bridgehead atoms. The van der Waals surface area contributed by atoms with Crippen LogP contribution in [0.1, 0.15) is 27.5 Å². The molecule has 4 aromatic rings. The molecule has 9 heteroatoms. The van der Waals surface area contributed by atoms with Gasteiger partial charge in [0.05, 0.1) is 16.5 Å². The van der Waals surface area contributed by atoms with E-state index in [4.69, 9.17) is 24.7 Å². The van der Waals surface area contributed by atoms with Gasteiger partial charge in [-0.05, 0) is 12.1 Å². The van der Waals surface area contributed by atoms with Crippen LogP contribution in [0.5, 0.6) is 23.0 Å². The molecule has 1 aromatic heterocycles. The second kappa shape index (κ2) is 7.91. The number of hydrogen-bond acceptors (Lipinski definition) is 7. The number of rotatable bonds is 5. The highest BCUT2D eigenvalue weighted by molar-refractivity contribution is 6.10. The third-order valence-corrected chi connectivity index (χ3v) is 6.08. The number of carbonyl (C=O) groups is 2. The van der Waals surface area contributed by atoms with Gasteiger partial charge in [-0.15, -0.1) is 0 Å². The maximum atomic E-state index is 13.5. The number of hydrogen-bond donors (Lipinski definition) is 1. The molecule has 35 heavy (non-hydrogen) atoms. The zero-order chi connectivity index (χ0) is 24.1. The summed E-state index contributed by atoms with van der Waals surface area (Å²) < 4.78 is 23.6. The van der Waals surface area contributed by atoms with Crippen molar-refractivity contribution in [1.29, 1.82) is 0 Å². The Morgan fingerprint density at radius 3 is 2.34 bits per heavy atom. The fourth-order valence-corrected chi connectivity index (χ4v) is 4.47. The third-order valence-electron chi connectivity index (χ3n) is 6.08. The van der Waals surface area contributed by atoms with Gasteiger partial charge in [-0.3, -0.25) is 14.4 Å². The minimum atomic E-state index is -1.11. The smallest absolute Gasteiger partial charge is 0.245 e. The number of aromatic nitrogens is 1. The number of nitrogens with zero attached hydrogens (tertiary/aromatic N) is 1. The Kier molecular flexibility index (Phi) is 4.70. The van der Waals surface area contributed by atoms with Gasteiger partial charge in [0, 0.05) is 23.4 Å². The van der Waals surface area contributed by atoms with E-state index in [1.54, 1.807) is 54.6 Å². The van der Waals surface area contributed by atoms with Crippen LogP contribution < -0.4 is 30.1 Å². The van der Waals surface area contributed by atoms with Crippen molar-refractivity contribution in [3.05, 3.63) is 93.8 Å². The van der Waals surface area contributed by atoms with E-state index in [1.165, 1.54) is 16.8 Å². The quantitative estimate of drug-likeness (QED) is 0.446. The zero-order valence-corrected chi connectivity index (χ0v) is 18.2. The van der Waals surface area contributed by atoms with Crippen molar-refractivity contribution in [3.63, 3.8) is 0 Å². The van der Waals surface area contributed by atoms with Crippen LogP contribution in [0.15, 0.2) is 71.7 Å². The molecule has 1 amide bonds. The SMILES string of the molecule is NC(=O)C(c1cccc2c1OCO2)n1cc(C(=O)c2ccccc2)c(=O)c2cc3c(cc21)OCO3. The Balaban J connectivity index is 1.66. The topological polar surface area (TPSA) is 119 Å². The first-order valence-corrected chi connectivity index (χ1v) is 10.8. The number of carbonyl (C=O) groups excluding carboxylic acids is 2. The van der Waals surface area contributed by atoms with Crippen LogP contribution in [0.2, 0.25) is 0 Å². The van der Waals surface area contributed by atoms with Crippen LogP contribution in [0.4, 0.5) is 0 Å². The zero-order valence-electron chi connectivity index (χ0n) is 18.2. The second-order valence-electron chi connectivity index (χ2n) is 8.08. The van der Waals surface area contributed by atoms with Crippen molar-refractivity contribution in [2.45, 2.75) is 6.04 Å². The largest absolute Gasteiger partial charge is 0.454 e. The molecule has 0 radical (unpaired) electrons. The third kappa shape index (κ3) is 3.28. The van der Waals surface area contributed by atoms with E-state index in [0.717, 1.165) is 0 Å². The Labute approximate surface area is 198 Å². The monoisotopic (exact) mass is 470 g/mol. The molecule has 0 fully saturated rings. The lowest BCUT2D eigenvalue weighted by Gasteiger charge is -2.22. The number of amides is 1. The van der Waals surface area contributed by atoms with E-state index >= 15 is 0 Å². The van der Waals surface area contributed by atoms with Crippen molar-refractivity contribution in [2.75, 3.05) is 13.6 Å². The second-order valence-corrected chi connectivity index (χ2v) is 8.08. The molecule has 3 aromatic carbocycles. The number of ketones is 1. The van der Waals surface area contributed by atoms with E-state index in [2.05, 4.69) is 0 Å². The Bertz CT molecular complexity index is 1580. The molecule has 1 unspecified atom stereocenters. The van der Waals surface area contributed by atoms with Gasteiger partial charge in [-0.2, -0.15) is 0 Å². The molecular weight excluding hydrogens is 452 g/mol. The van der Waals surface area contributed by atoms with Gasteiger partial charge < -0.3 is 29.2 Å². The summed E-state index contributed by atoms with van der Waals surface area (Å²) in [5.41, 5.74) is 6.42. The van der Waals surface area contributed by atoms with Crippen LogP contribution in [0.25, 0.3) is 10.9 Å². The number of pyridine rings is 1. The minimum absolute atomic E-state index is 0.000823. The molecule has 2 N–H and O–H groups in total. The van der Waals surface area contributed by atoms with E-state index in [0.29, 0.717) is 39.6 Å². The lowest BCUT2D eigenvalue weighted by Crippen LogP contribution is -2.30. The van der Waals surface area contributed by atoms with Crippen LogP contribution in [0.3, 0.4) is 0 Å². The van der Waals surface area contributed by atoms with Crippen molar-refractivity contribution in [1.82, 2.24) is 4.57 Å². The summed E-state index contributed by atoms with van der Waals surface area (Å²) in [6.45, 7) is -0.00849. The standard InChI is InChI=1S/C26H18N2O7/c27-26(31)22(15-7-4-8-19-25(15)35-13-32-19)28-11-17(23(29)14-5-2-1-3-6-14)24(30)16-9-20-21(10-18(16)28)34-12-33-20/h1-11,22H,12-13H2,(H2,27,31). The van der Waals surface area contributed by atoms with Crippen LogP contribution in [0, 0.1) is 0 Å². The first-order valence-electron chi connectivity index (χ1n) is 10.8. The number of ether oxygens (including phenoxy) is 4. The molecule has 0 aliphatic carbocycles. The molecule has 2 aliphatic heterocycles. The van der Waals surface area contributed by atoms with Gasteiger partial charge in [0.1, 0.15) is 6.04 Å². The summed E-state index contributed by atoms with van der Waals surface area (Å²) in [4.78, 5) is 39.8. The van der Waals surface area contributed by atoms with Gasteiger partial charge in [0.2, 0.25) is 24.9 Å². The van der Waals surface area contributed by atoms with E-state index < -0.39 is 23.2 Å². The first-order chi connectivity index (χ1) is 17.0. The Hall–Kier alpha value is -4.79. The number of benzene rings is 3. The average molecular weight is 470 g/mol. The van der Waals surface area contributed by atoms with Gasteiger partial charge >= 0.3 is 0 Å². The van der Waals surface area contributed by atoms with Crippen LogP contribution >= 0.6 is 0 Å². The molecule has 3 heterocycles. The number of fused-ring (bicyclic) bond motifs is 3. The lowest BCUT2D eigenvalue weighted by atomic mass is 9.99. The highest BCUT2D eigenvalue weighted by Gasteiger charge is 2.31. The van der Waals surface area contributed by atoms with E-state index in [-0.39, 0.29) is 24.5 Å². The number of primary amides is 1. The number of para-hydroxylation sites is 1. The fraction of sp³-hybridized carbons (Fsp3) is 0.115. The summed E-state index contributed by atoms with van der Waals surface area (Å²) >= 11 is 0. The average Bonchev–Trinajstić information content (AvgIpc) is 3.54. The predicted molar refractivity (Wildman–Crippen MR) is 124 cm³/mol. The van der Waals surface area contributed by atoms with Crippen molar-refractivity contribution < 1.29 is 28.5 Å². The molecule has 2 aliphatic rings. The summed E-state index contributed by atoms with van der Waals surface area (Å²) in [6.07, 6.45) is 1.37. The molecule has 1 atom stereocenters. The highest BCUT2D eigenvalue weighted by Crippen LogP contribution is 2.41. The van der Waals surface area contributed by atoms with Crippen LogP contribution in [-0.4, -0.2) is 29.8 Å². The molecule has 9 nitrogen and oxygen atoms in total. The molecule has 0 spiro atoms. The molecule has 0 saturated heterocycles. The lowest BCUT2D eigenvalue weighted by molar-refractivity contribution is -0.120.